The Morgan fingerprint density at radius 2 is 1.59 bits per heavy atom. The maximum Gasteiger partial charge on any atom is 0.123 e. The summed E-state index contributed by atoms with van der Waals surface area (Å²) in [5.74, 6) is 1.75. The lowest BCUT2D eigenvalue weighted by molar-refractivity contribution is 0.296. The van der Waals surface area contributed by atoms with Crippen LogP contribution in [0, 0.1) is 0 Å². The van der Waals surface area contributed by atoms with Gasteiger partial charge in [0, 0.05) is 12.1 Å². The summed E-state index contributed by atoms with van der Waals surface area (Å²) >= 11 is 0. The van der Waals surface area contributed by atoms with Crippen LogP contribution in [0.5, 0.6) is 11.5 Å². The first-order valence-electron chi connectivity index (χ1n) is 7.53. The van der Waals surface area contributed by atoms with E-state index in [0.29, 0.717) is 13.2 Å². The van der Waals surface area contributed by atoms with Crippen LogP contribution in [0.2, 0.25) is 0 Å². The first-order valence-corrected chi connectivity index (χ1v) is 7.53. The molecule has 0 fully saturated rings. The Labute approximate surface area is 133 Å². The molecule has 0 aliphatic heterocycles. The topological polar surface area (TPSA) is 44.5 Å². The van der Waals surface area contributed by atoms with Crippen molar-refractivity contribution in [3.63, 3.8) is 0 Å². The van der Waals surface area contributed by atoms with Gasteiger partial charge in [-0.3, -0.25) is 0 Å². The van der Waals surface area contributed by atoms with Crippen LogP contribution in [-0.4, -0.2) is 7.11 Å². The minimum atomic E-state index is -0.00667. The molecule has 2 aromatic carbocycles. The van der Waals surface area contributed by atoms with Crippen molar-refractivity contribution < 1.29 is 9.47 Å². The van der Waals surface area contributed by atoms with E-state index in [1.54, 1.807) is 7.11 Å². The van der Waals surface area contributed by atoms with Gasteiger partial charge in [-0.05, 0) is 34.7 Å². The van der Waals surface area contributed by atoms with Crippen LogP contribution in [0.15, 0.2) is 42.5 Å². The van der Waals surface area contributed by atoms with E-state index in [-0.39, 0.29) is 5.41 Å². The zero-order valence-electron chi connectivity index (χ0n) is 13.8. The Kier molecular flexibility index (Phi) is 5.09. The monoisotopic (exact) mass is 299 g/mol. The summed E-state index contributed by atoms with van der Waals surface area (Å²) in [6, 6.07) is 14.2. The molecule has 2 aromatic rings. The number of hydrogen-bond acceptors (Lipinski definition) is 3. The van der Waals surface area contributed by atoms with E-state index in [1.165, 1.54) is 0 Å². The van der Waals surface area contributed by atoms with E-state index in [2.05, 4.69) is 32.9 Å². The lowest BCUT2D eigenvalue weighted by atomic mass is 9.86. The Hall–Kier alpha value is -2.00. The molecule has 3 nitrogen and oxygen atoms in total. The largest absolute Gasteiger partial charge is 0.497 e. The summed E-state index contributed by atoms with van der Waals surface area (Å²) in [6.45, 7) is 7.62. The third kappa shape index (κ3) is 4.01. The van der Waals surface area contributed by atoms with Crippen molar-refractivity contribution in [3.05, 3.63) is 59.2 Å². The van der Waals surface area contributed by atoms with E-state index >= 15 is 0 Å². The predicted octanol–water partition coefficient (Wildman–Crippen LogP) is 4.03. The van der Waals surface area contributed by atoms with Crippen LogP contribution in [0.4, 0.5) is 0 Å². The third-order valence-corrected chi connectivity index (χ3v) is 3.65. The van der Waals surface area contributed by atoms with Gasteiger partial charge in [0.25, 0.3) is 0 Å². The van der Waals surface area contributed by atoms with Crippen LogP contribution in [0.1, 0.15) is 37.5 Å². The quantitative estimate of drug-likeness (QED) is 0.906. The van der Waals surface area contributed by atoms with Crippen LogP contribution in [0.3, 0.4) is 0 Å². The van der Waals surface area contributed by atoms with Crippen LogP contribution >= 0.6 is 0 Å². The average molecular weight is 299 g/mol. The van der Waals surface area contributed by atoms with Gasteiger partial charge in [-0.2, -0.15) is 0 Å². The molecule has 0 aliphatic rings. The summed E-state index contributed by atoms with van der Waals surface area (Å²) < 4.78 is 11.4. The van der Waals surface area contributed by atoms with Gasteiger partial charge in [-0.25, -0.2) is 0 Å². The molecule has 0 atom stereocenters. The fourth-order valence-corrected chi connectivity index (χ4v) is 2.28. The molecule has 3 heteroatoms. The van der Waals surface area contributed by atoms with E-state index in [9.17, 15) is 0 Å². The molecule has 0 saturated carbocycles. The molecule has 0 spiro atoms. The standard InChI is InChI=1S/C19H25NO2/c1-19(2,3)17-11-16(21-4)9-10-18(17)22-13-15-7-5-14(12-20)6-8-15/h5-11H,12-13,20H2,1-4H3. The van der Waals surface area contributed by atoms with Crippen molar-refractivity contribution in [2.45, 2.75) is 39.3 Å². The summed E-state index contributed by atoms with van der Waals surface area (Å²) in [5.41, 5.74) is 9.01. The number of benzene rings is 2. The van der Waals surface area contributed by atoms with E-state index in [4.69, 9.17) is 15.2 Å². The van der Waals surface area contributed by atoms with E-state index in [0.717, 1.165) is 28.2 Å². The highest BCUT2D eigenvalue weighted by atomic mass is 16.5. The molecule has 0 saturated heterocycles. The van der Waals surface area contributed by atoms with E-state index < -0.39 is 0 Å². The second-order valence-electron chi connectivity index (χ2n) is 6.42. The summed E-state index contributed by atoms with van der Waals surface area (Å²) in [6.07, 6.45) is 0. The van der Waals surface area contributed by atoms with Gasteiger partial charge in [0.15, 0.2) is 0 Å². The molecule has 22 heavy (non-hydrogen) atoms. The normalized spacial score (nSPS) is 11.3. The zero-order valence-corrected chi connectivity index (χ0v) is 13.8. The number of rotatable bonds is 5. The Balaban J connectivity index is 2.17. The van der Waals surface area contributed by atoms with E-state index in [1.807, 2.05) is 30.3 Å². The summed E-state index contributed by atoms with van der Waals surface area (Å²) in [5, 5.41) is 0. The van der Waals surface area contributed by atoms with Gasteiger partial charge in [0.2, 0.25) is 0 Å². The van der Waals surface area contributed by atoms with Gasteiger partial charge < -0.3 is 15.2 Å². The zero-order chi connectivity index (χ0) is 16.2. The molecule has 0 radical (unpaired) electrons. The third-order valence-electron chi connectivity index (χ3n) is 3.65. The smallest absolute Gasteiger partial charge is 0.123 e. The Morgan fingerprint density at radius 1 is 0.955 bits per heavy atom. The van der Waals surface area contributed by atoms with Gasteiger partial charge in [0.05, 0.1) is 7.11 Å². The van der Waals surface area contributed by atoms with Crippen LogP contribution in [-0.2, 0) is 18.6 Å². The van der Waals surface area contributed by atoms with Crippen molar-refractivity contribution in [1.29, 1.82) is 0 Å². The summed E-state index contributed by atoms with van der Waals surface area (Å²) in [4.78, 5) is 0. The molecule has 0 aliphatic carbocycles. The number of nitrogens with two attached hydrogens (primary N) is 1. The van der Waals surface area contributed by atoms with Crippen molar-refractivity contribution in [2.75, 3.05) is 7.11 Å². The summed E-state index contributed by atoms with van der Waals surface area (Å²) in [7, 11) is 1.68. The average Bonchev–Trinajstić information content (AvgIpc) is 2.52. The lowest BCUT2D eigenvalue weighted by Crippen LogP contribution is -2.13. The minimum Gasteiger partial charge on any atom is -0.497 e. The van der Waals surface area contributed by atoms with Crippen LogP contribution in [0.25, 0.3) is 0 Å². The second-order valence-corrected chi connectivity index (χ2v) is 6.42. The maximum atomic E-state index is 6.04. The first-order chi connectivity index (χ1) is 10.4. The highest BCUT2D eigenvalue weighted by Crippen LogP contribution is 2.34. The molecular formula is C19H25NO2. The SMILES string of the molecule is COc1ccc(OCc2ccc(CN)cc2)c(C(C)(C)C)c1. The van der Waals surface area contributed by atoms with Crippen LogP contribution < -0.4 is 15.2 Å². The second kappa shape index (κ2) is 6.84. The molecule has 0 heterocycles. The maximum absolute atomic E-state index is 6.04. The minimum absolute atomic E-state index is 0.00667. The molecule has 2 rings (SSSR count). The molecule has 0 aromatic heterocycles. The van der Waals surface area contributed by atoms with Gasteiger partial charge in [-0.1, -0.05) is 45.0 Å². The molecule has 0 amide bonds. The van der Waals surface area contributed by atoms with Crippen molar-refractivity contribution >= 4 is 0 Å². The number of methoxy groups -OCH3 is 1. The molecule has 0 bridgehead atoms. The predicted molar refractivity (Wildman–Crippen MR) is 90.4 cm³/mol. The fraction of sp³-hybridized carbons (Fsp3) is 0.368. The lowest BCUT2D eigenvalue weighted by Gasteiger charge is -2.23. The molecular weight excluding hydrogens is 274 g/mol. The van der Waals surface area contributed by atoms with Crippen molar-refractivity contribution in [1.82, 2.24) is 0 Å². The molecule has 118 valence electrons. The molecule has 0 unspecified atom stereocenters. The van der Waals surface area contributed by atoms with Gasteiger partial charge >= 0.3 is 0 Å². The van der Waals surface area contributed by atoms with Crippen molar-refractivity contribution in [3.8, 4) is 11.5 Å². The Bertz CT molecular complexity index is 612. The highest BCUT2D eigenvalue weighted by molar-refractivity contribution is 5.44. The van der Waals surface area contributed by atoms with Gasteiger partial charge in [-0.15, -0.1) is 0 Å². The number of hydrogen-bond donors (Lipinski definition) is 1. The number of ether oxygens (including phenoxy) is 2. The molecule has 2 N–H and O–H groups in total. The Morgan fingerprint density at radius 3 is 2.14 bits per heavy atom. The fourth-order valence-electron chi connectivity index (χ4n) is 2.28. The van der Waals surface area contributed by atoms with Gasteiger partial charge in [0.1, 0.15) is 18.1 Å². The first kappa shape index (κ1) is 16.4. The highest BCUT2D eigenvalue weighted by Gasteiger charge is 2.20. The van der Waals surface area contributed by atoms with Crippen molar-refractivity contribution in [2.24, 2.45) is 5.73 Å².